The molecule has 0 saturated heterocycles. The summed E-state index contributed by atoms with van der Waals surface area (Å²) < 4.78 is 41.6. The number of sulfonamides is 1. The molecule has 0 aliphatic rings. The summed E-state index contributed by atoms with van der Waals surface area (Å²) in [4.78, 5) is 0.112. The van der Waals surface area contributed by atoms with Crippen LogP contribution in [-0.2, 0) is 10.0 Å². The van der Waals surface area contributed by atoms with E-state index >= 15 is 0 Å². The molecule has 2 rings (SSSR count). The van der Waals surface area contributed by atoms with Crippen molar-refractivity contribution in [1.29, 1.82) is 0 Å². The summed E-state index contributed by atoms with van der Waals surface area (Å²) in [6.45, 7) is 5.07. The molecule has 0 saturated carbocycles. The standard InChI is InChI=1S/C15H15BrFNO2S/c1-9-4-5-13(8-14(9)16)18-21(19,20)15-10(2)6-12(17)7-11(15)3/h4-8,18H,1-3H3. The van der Waals surface area contributed by atoms with Gasteiger partial charge in [0.15, 0.2) is 0 Å². The Hall–Kier alpha value is -1.40. The first kappa shape index (κ1) is 16.0. The van der Waals surface area contributed by atoms with Crippen molar-refractivity contribution in [3.05, 3.63) is 57.3 Å². The van der Waals surface area contributed by atoms with Crippen molar-refractivity contribution >= 4 is 31.6 Å². The molecule has 0 atom stereocenters. The van der Waals surface area contributed by atoms with Crippen LogP contribution in [0.1, 0.15) is 16.7 Å². The Labute approximate surface area is 132 Å². The van der Waals surface area contributed by atoms with Crippen LogP contribution in [0, 0.1) is 26.6 Å². The van der Waals surface area contributed by atoms with E-state index in [0.717, 1.165) is 10.0 Å². The molecule has 0 heterocycles. The predicted molar refractivity (Wildman–Crippen MR) is 85.6 cm³/mol. The highest BCUT2D eigenvalue weighted by atomic mass is 79.9. The number of hydrogen-bond donors (Lipinski definition) is 1. The molecule has 0 spiro atoms. The van der Waals surface area contributed by atoms with E-state index in [1.165, 1.54) is 12.1 Å². The molecule has 0 bridgehead atoms. The molecule has 3 nitrogen and oxygen atoms in total. The Morgan fingerprint density at radius 2 is 1.57 bits per heavy atom. The second-order valence-electron chi connectivity index (χ2n) is 4.94. The highest BCUT2D eigenvalue weighted by Crippen LogP contribution is 2.26. The van der Waals surface area contributed by atoms with Gasteiger partial charge in [0, 0.05) is 10.2 Å². The number of hydrogen-bond acceptors (Lipinski definition) is 2. The van der Waals surface area contributed by atoms with Crippen molar-refractivity contribution in [1.82, 2.24) is 0 Å². The highest BCUT2D eigenvalue weighted by Gasteiger charge is 2.20. The lowest BCUT2D eigenvalue weighted by atomic mass is 10.1. The molecule has 0 aliphatic carbocycles. The van der Waals surface area contributed by atoms with Gasteiger partial charge >= 0.3 is 0 Å². The first-order valence-electron chi connectivity index (χ1n) is 6.26. The van der Waals surface area contributed by atoms with Crippen LogP contribution in [0.2, 0.25) is 0 Å². The van der Waals surface area contributed by atoms with Gasteiger partial charge < -0.3 is 0 Å². The van der Waals surface area contributed by atoms with Gasteiger partial charge in [0.2, 0.25) is 0 Å². The number of nitrogens with one attached hydrogen (secondary N) is 1. The lowest BCUT2D eigenvalue weighted by molar-refractivity contribution is 0.597. The predicted octanol–water partition coefficient (Wildman–Crippen LogP) is 4.31. The van der Waals surface area contributed by atoms with Crippen molar-refractivity contribution in [3.8, 4) is 0 Å². The molecule has 0 aromatic heterocycles. The van der Waals surface area contributed by atoms with Gasteiger partial charge in [-0.2, -0.15) is 0 Å². The van der Waals surface area contributed by atoms with Gasteiger partial charge in [-0.3, -0.25) is 4.72 Å². The lowest BCUT2D eigenvalue weighted by Crippen LogP contribution is -2.16. The summed E-state index contributed by atoms with van der Waals surface area (Å²) in [5.74, 6) is -0.443. The molecule has 112 valence electrons. The zero-order valence-electron chi connectivity index (χ0n) is 11.9. The molecular formula is C15H15BrFNO2S. The number of benzene rings is 2. The van der Waals surface area contributed by atoms with E-state index in [2.05, 4.69) is 20.7 Å². The average Bonchev–Trinajstić information content (AvgIpc) is 2.31. The second kappa shape index (κ2) is 5.77. The molecule has 2 aromatic rings. The average molecular weight is 372 g/mol. The van der Waals surface area contributed by atoms with Crippen LogP contribution in [-0.4, -0.2) is 8.42 Å². The highest BCUT2D eigenvalue weighted by molar-refractivity contribution is 9.10. The quantitative estimate of drug-likeness (QED) is 0.873. The molecule has 0 aliphatic heterocycles. The Bertz CT molecular complexity index is 780. The summed E-state index contributed by atoms with van der Waals surface area (Å²) in [6, 6.07) is 7.62. The van der Waals surface area contributed by atoms with E-state index in [1.54, 1.807) is 26.0 Å². The minimum atomic E-state index is -3.76. The fourth-order valence-electron chi connectivity index (χ4n) is 2.18. The van der Waals surface area contributed by atoms with Gasteiger partial charge in [-0.1, -0.05) is 22.0 Å². The number of anilines is 1. The molecule has 0 fully saturated rings. The molecular weight excluding hydrogens is 357 g/mol. The van der Waals surface area contributed by atoms with Crippen LogP contribution >= 0.6 is 15.9 Å². The van der Waals surface area contributed by atoms with Crippen molar-refractivity contribution in [2.45, 2.75) is 25.7 Å². The van der Waals surface area contributed by atoms with Crippen LogP contribution in [0.4, 0.5) is 10.1 Å². The molecule has 1 N–H and O–H groups in total. The van der Waals surface area contributed by atoms with Gasteiger partial charge in [0.25, 0.3) is 10.0 Å². The van der Waals surface area contributed by atoms with Gasteiger partial charge in [0.05, 0.1) is 4.90 Å². The molecule has 6 heteroatoms. The normalized spacial score (nSPS) is 11.5. The number of halogens is 2. The van der Waals surface area contributed by atoms with Crippen LogP contribution in [0.15, 0.2) is 39.7 Å². The van der Waals surface area contributed by atoms with E-state index in [0.29, 0.717) is 16.8 Å². The third-order valence-electron chi connectivity index (χ3n) is 3.12. The van der Waals surface area contributed by atoms with Crippen LogP contribution in [0.5, 0.6) is 0 Å². The Morgan fingerprint density at radius 3 is 2.10 bits per heavy atom. The zero-order chi connectivity index (χ0) is 15.8. The maximum absolute atomic E-state index is 13.3. The third-order valence-corrected chi connectivity index (χ3v) is 5.66. The van der Waals surface area contributed by atoms with Crippen molar-refractivity contribution in [2.24, 2.45) is 0 Å². The van der Waals surface area contributed by atoms with Gasteiger partial charge in [-0.25, -0.2) is 12.8 Å². The maximum Gasteiger partial charge on any atom is 0.262 e. The molecule has 21 heavy (non-hydrogen) atoms. The molecule has 0 radical (unpaired) electrons. The van der Waals surface area contributed by atoms with Crippen molar-refractivity contribution in [2.75, 3.05) is 4.72 Å². The number of rotatable bonds is 3. The smallest absolute Gasteiger partial charge is 0.262 e. The Balaban J connectivity index is 2.46. The summed E-state index contributed by atoms with van der Waals surface area (Å²) in [7, 11) is -3.76. The SMILES string of the molecule is Cc1ccc(NS(=O)(=O)c2c(C)cc(F)cc2C)cc1Br. The second-order valence-corrected chi connectivity index (χ2v) is 7.41. The molecule has 0 amide bonds. The topological polar surface area (TPSA) is 46.2 Å². The van der Waals surface area contributed by atoms with E-state index in [4.69, 9.17) is 0 Å². The molecule has 0 unspecified atom stereocenters. The summed E-state index contributed by atoms with van der Waals surface area (Å²) in [5.41, 5.74) is 2.22. The summed E-state index contributed by atoms with van der Waals surface area (Å²) >= 11 is 3.36. The third kappa shape index (κ3) is 3.44. The van der Waals surface area contributed by atoms with E-state index in [1.807, 2.05) is 13.0 Å². The van der Waals surface area contributed by atoms with Crippen LogP contribution in [0.25, 0.3) is 0 Å². The van der Waals surface area contributed by atoms with E-state index in [-0.39, 0.29) is 4.90 Å². The summed E-state index contributed by atoms with van der Waals surface area (Å²) in [5, 5.41) is 0. The van der Waals surface area contributed by atoms with E-state index in [9.17, 15) is 12.8 Å². The van der Waals surface area contributed by atoms with Gasteiger partial charge in [0.1, 0.15) is 5.82 Å². The van der Waals surface area contributed by atoms with Crippen molar-refractivity contribution < 1.29 is 12.8 Å². The Morgan fingerprint density at radius 1 is 1.00 bits per heavy atom. The van der Waals surface area contributed by atoms with Gasteiger partial charge in [-0.05, 0) is 61.7 Å². The van der Waals surface area contributed by atoms with E-state index < -0.39 is 15.8 Å². The first-order chi connectivity index (χ1) is 9.70. The minimum absolute atomic E-state index is 0.112. The summed E-state index contributed by atoms with van der Waals surface area (Å²) in [6.07, 6.45) is 0. The minimum Gasteiger partial charge on any atom is -0.280 e. The van der Waals surface area contributed by atoms with Gasteiger partial charge in [-0.15, -0.1) is 0 Å². The van der Waals surface area contributed by atoms with Crippen molar-refractivity contribution in [3.63, 3.8) is 0 Å². The monoisotopic (exact) mass is 371 g/mol. The fraction of sp³-hybridized carbons (Fsp3) is 0.200. The largest absolute Gasteiger partial charge is 0.280 e. The maximum atomic E-state index is 13.3. The zero-order valence-corrected chi connectivity index (χ0v) is 14.3. The van der Waals surface area contributed by atoms with Crippen LogP contribution in [0.3, 0.4) is 0 Å². The fourth-order valence-corrected chi connectivity index (χ4v) is 4.07. The number of aryl methyl sites for hydroxylation is 3. The lowest BCUT2D eigenvalue weighted by Gasteiger charge is -2.13. The first-order valence-corrected chi connectivity index (χ1v) is 8.54. The molecule has 2 aromatic carbocycles. The van der Waals surface area contributed by atoms with Crippen LogP contribution < -0.4 is 4.72 Å². The Kier molecular flexibility index (Phi) is 4.39.